The molecule has 64 valence electrons. The largest absolute Gasteiger partial charge is 0.376 e. The lowest BCUT2D eigenvalue weighted by Gasteiger charge is -2.20. The maximum atomic E-state index is 7.11. The molecule has 1 heterocycles. The highest BCUT2D eigenvalue weighted by atomic mass is 16.5. The third-order valence-electron chi connectivity index (χ3n) is 1.91. The number of hydrogen-bond acceptors (Lipinski definition) is 2. The molecule has 0 bridgehead atoms. The first-order valence-electron chi connectivity index (χ1n) is 3.87. The van der Waals surface area contributed by atoms with Crippen LogP contribution in [-0.4, -0.2) is 37.2 Å². The van der Waals surface area contributed by atoms with Crippen molar-refractivity contribution < 1.29 is 4.74 Å². The Labute approximate surface area is 66.8 Å². The maximum absolute atomic E-state index is 7.11. The Morgan fingerprint density at radius 2 is 2.55 bits per heavy atom. The maximum Gasteiger partial charge on any atom is 0.188 e. The molecule has 0 aliphatic carbocycles. The Kier molecular flexibility index (Phi) is 2.70. The van der Waals surface area contributed by atoms with Gasteiger partial charge >= 0.3 is 0 Å². The van der Waals surface area contributed by atoms with Gasteiger partial charge in [0.05, 0.1) is 6.10 Å². The van der Waals surface area contributed by atoms with Gasteiger partial charge in [-0.05, 0) is 12.8 Å². The summed E-state index contributed by atoms with van der Waals surface area (Å²) in [4.78, 5) is 1.70. The zero-order chi connectivity index (χ0) is 8.27. The summed E-state index contributed by atoms with van der Waals surface area (Å²) in [5.74, 6) is 0.112. The van der Waals surface area contributed by atoms with Gasteiger partial charge in [0, 0.05) is 20.2 Å². The number of nitrogens with two attached hydrogens (primary N) is 1. The summed E-state index contributed by atoms with van der Waals surface area (Å²) in [5, 5.41) is 7.11. The van der Waals surface area contributed by atoms with E-state index in [-0.39, 0.29) is 12.1 Å². The number of guanidine groups is 1. The molecule has 0 amide bonds. The molecule has 4 heteroatoms. The van der Waals surface area contributed by atoms with Gasteiger partial charge in [0.25, 0.3) is 0 Å². The van der Waals surface area contributed by atoms with Crippen LogP contribution in [0.15, 0.2) is 0 Å². The first kappa shape index (κ1) is 8.33. The normalized spacial score (nSPS) is 23.5. The molecule has 0 aromatic carbocycles. The molecule has 0 saturated carbocycles. The van der Waals surface area contributed by atoms with Crippen LogP contribution in [0.3, 0.4) is 0 Å². The van der Waals surface area contributed by atoms with Crippen LogP contribution in [0, 0.1) is 5.41 Å². The summed E-state index contributed by atoms with van der Waals surface area (Å²) in [7, 11) is 1.81. The highest BCUT2D eigenvalue weighted by Gasteiger charge is 2.17. The molecular weight excluding hydrogens is 142 g/mol. The minimum absolute atomic E-state index is 0.112. The molecule has 1 saturated heterocycles. The second-order valence-corrected chi connectivity index (χ2v) is 2.90. The van der Waals surface area contributed by atoms with Gasteiger partial charge in [-0.3, -0.25) is 5.41 Å². The monoisotopic (exact) mass is 157 g/mol. The van der Waals surface area contributed by atoms with Gasteiger partial charge in [-0.25, -0.2) is 0 Å². The number of nitrogens with one attached hydrogen (secondary N) is 1. The second-order valence-electron chi connectivity index (χ2n) is 2.90. The molecule has 1 fully saturated rings. The number of ether oxygens (including phenoxy) is 1. The van der Waals surface area contributed by atoms with E-state index in [0.29, 0.717) is 0 Å². The summed E-state index contributed by atoms with van der Waals surface area (Å²) >= 11 is 0. The van der Waals surface area contributed by atoms with Crippen molar-refractivity contribution in [2.45, 2.75) is 18.9 Å². The van der Waals surface area contributed by atoms with Crippen molar-refractivity contribution in [2.24, 2.45) is 5.73 Å². The Hall–Kier alpha value is -0.770. The molecule has 4 nitrogen and oxygen atoms in total. The van der Waals surface area contributed by atoms with Gasteiger partial charge in [-0.1, -0.05) is 0 Å². The van der Waals surface area contributed by atoms with Crippen molar-refractivity contribution in [3.8, 4) is 0 Å². The van der Waals surface area contributed by atoms with Gasteiger partial charge in [0.1, 0.15) is 0 Å². The summed E-state index contributed by atoms with van der Waals surface area (Å²) in [5.41, 5.74) is 5.27. The van der Waals surface area contributed by atoms with Crippen LogP contribution in [0.25, 0.3) is 0 Å². The van der Waals surface area contributed by atoms with Crippen LogP contribution in [0.4, 0.5) is 0 Å². The third kappa shape index (κ3) is 2.38. The van der Waals surface area contributed by atoms with Gasteiger partial charge in [0.2, 0.25) is 0 Å². The molecule has 0 aromatic rings. The Bertz CT molecular complexity index is 143. The van der Waals surface area contributed by atoms with E-state index in [1.54, 1.807) is 4.90 Å². The van der Waals surface area contributed by atoms with E-state index >= 15 is 0 Å². The van der Waals surface area contributed by atoms with Crippen molar-refractivity contribution in [2.75, 3.05) is 20.2 Å². The van der Waals surface area contributed by atoms with E-state index in [0.717, 1.165) is 26.0 Å². The fourth-order valence-corrected chi connectivity index (χ4v) is 1.19. The van der Waals surface area contributed by atoms with Crippen molar-refractivity contribution in [3.05, 3.63) is 0 Å². The van der Waals surface area contributed by atoms with Crippen LogP contribution in [0.5, 0.6) is 0 Å². The summed E-state index contributed by atoms with van der Waals surface area (Å²) < 4.78 is 5.38. The quantitative estimate of drug-likeness (QED) is 0.438. The minimum Gasteiger partial charge on any atom is -0.376 e. The fourth-order valence-electron chi connectivity index (χ4n) is 1.19. The van der Waals surface area contributed by atoms with Gasteiger partial charge in [-0.15, -0.1) is 0 Å². The zero-order valence-corrected chi connectivity index (χ0v) is 6.84. The first-order valence-corrected chi connectivity index (χ1v) is 3.87. The number of likely N-dealkylation sites (N-methyl/N-ethyl adjacent to an activating group) is 1. The van der Waals surface area contributed by atoms with Gasteiger partial charge in [-0.2, -0.15) is 0 Å². The van der Waals surface area contributed by atoms with Crippen LogP contribution < -0.4 is 5.73 Å². The SMILES string of the molecule is CN(CC1CCCO1)C(=N)N. The van der Waals surface area contributed by atoms with E-state index in [9.17, 15) is 0 Å². The Morgan fingerprint density at radius 1 is 1.82 bits per heavy atom. The van der Waals surface area contributed by atoms with E-state index < -0.39 is 0 Å². The van der Waals surface area contributed by atoms with Crippen LogP contribution in [-0.2, 0) is 4.74 Å². The molecule has 11 heavy (non-hydrogen) atoms. The van der Waals surface area contributed by atoms with Crippen LogP contribution in [0.1, 0.15) is 12.8 Å². The fraction of sp³-hybridized carbons (Fsp3) is 0.857. The zero-order valence-electron chi connectivity index (χ0n) is 6.84. The van der Waals surface area contributed by atoms with Crippen molar-refractivity contribution >= 4 is 5.96 Å². The lowest BCUT2D eigenvalue weighted by molar-refractivity contribution is 0.0955. The average molecular weight is 157 g/mol. The highest BCUT2D eigenvalue weighted by Crippen LogP contribution is 2.12. The molecule has 0 radical (unpaired) electrons. The molecule has 1 aliphatic rings. The van der Waals surface area contributed by atoms with Crippen LogP contribution >= 0.6 is 0 Å². The number of hydrogen-bond donors (Lipinski definition) is 2. The number of rotatable bonds is 2. The Balaban J connectivity index is 2.23. The summed E-state index contributed by atoms with van der Waals surface area (Å²) in [6.07, 6.45) is 2.51. The highest BCUT2D eigenvalue weighted by molar-refractivity contribution is 5.74. The topological polar surface area (TPSA) is 62.3 Å². The third-order valence-corrected chi connectivity index (χ3v) is 1.91. The molecule has 1 rings (SSSR count). The summed E-state index contributed by atoms with van der Waals surface area (Å²) in [6.45, 7) is 1.60. The predicted molar refractivity (Wildman–Crippen MR) is 43.5 cm³/mol. The smallest absolute Gasteiger partial charge is 0.188 e. The first-order chi connectivity index (χ1) is 5.20. The standard InChI is InChI=1S/C7H15N3O/c1-10(7(8)9)5-6-3-2-4-11-6/h6H,2-5H2,1H3,(H3,8,9). The molecule has 3 N–H and O–H groups in total. The molecule has 0 spiro atoms. The predicted octanol–water partition coefficient (Wildman–Crippen LogP) is -0.00933. The van der Waals surface area contributed by atoms with Crippen molar-refractivity contribution in [1.82, 2.24) is 4.90 Å². The molecule has 1 aliphatic heterocycles. The molecule has 1 atom stereocenters. The molecule has 1 unspecified atom stereocenters. The average Bonchev–Trinajstić information content (AvgIpc) is 2.39. The van der Waals surface area contributed by atoms with Gasteiger partial charge < -0.3 is 15.4 Å². The van der Waals surface area contributed by atoms with Gasteiger partial charge in [0.15, 0.2) is 5.96 Å². The van der Waals surface area contributed by atoms with E-state index in [2.05, 4.69) is 0 Å². The van der Waals surface area contributed by atoms with E-state index in [4.69, 9.17) is 15.9 Å². The number of nitrogens with zero attached hydrogens (tertiary/aromatic N) is 1. The van der Waals surface area contributed by atoms with Crippen molar-refractivity contribution in [1.29, 1.82) is 5.41 Å². The second kappa shape index (κ2) is 3.57. The van der Waals surface area contributed by atoms with E-state index in [1.807, 2.05) is 7.05 Å². The van der Waals surface area contributed by atoms with Crippen molar-refractivity contribution in [3.63, 3.8) is 0 Å². The van der Waals surface area contributed by atoms with Crippen LogP contribution in [0.2, 0.25) is 0 Å². The Morgan fingerprint density at radius 3 is 3.00 bits per heavy atom. The van der Waals surface area contributed by atoms with E-state index in [1.165, 1.54) is 0 Å². The lowest BCUT2D eigenvalue weighted by Crippen LogP contribution is -2.38. The summed E-state index contributed by atoms with van der Waals surface area (Å²) in [6, 6.07) is 0. The lowest BCUT2D eigenvalue weighted by atomic mass is 10.2. The molecule has 0 aromatic heterocycles. The minimum atomic E-state index is 0.112. The molecular formula is C7H15N3O.